The zero-order valence-corrected chi connectivity index (χ0v) is 13.9. The van der Waals surface area contributed by atoms with Gasteiger partial charge in [-0.2, -0.15) is 0 Å². The van der Waals surface area contributed by atoms with Crippen molar-refractivity contribution < 1.29 is 9.13 Å². The normalized spacial score (nSPS) is 24.7. The molecule has 2 atom stereocenters. The van der Waals surface area contributed by atoms with Crippen LogP contribution in [0.25, 0.3) is 0 Å². The van der Waals surface area contributed by atoms with Crippen LogP contribution in [0.5, 0.6) is 5.75 Å². The minimum Gasteiger partial charge on any atom is -0.490 e. The van der Waals surface area contributed by atoms with Crippen molar-refractivity contribution >= 4 is 0 Å². The van der Waals surface area contributed by atoms with Gasteiger partial charge in [0.15, 0.2) is 0 Å². The van der Waals surface area contributed by atoms with E-state index in [0.717, 1.165) is 31.2 Å². The number of nitrogens with zero attached hydrogens (tertiary/aromatic N) is 1. The third-order valence-electron chi connectivity index (χ3n) is 5.18. The molecule has 24 heavy (non-hydrogen) atoms. The molecule has 4 rings (SSSR count). The zero-order valence-electron chi connectivity index (χ0n) is 13.9. The summed E-state index contributed by atoms with van der Waals surface area (Å²) in [5, 5.41) is 0. The maximum Gasteiger partial charge on any atom is 0.123 e. The van der Waals surface area contributed by atoms with E-state index < -0.39 is 0 Å². The van der Waals surface area contributed by atoms with Gasteiger partial charge in [-0.25, -0.2) is 4.39 Å². The lowest BCUT2D eigenvalue weighted by Gasteiger charge is -2.39. The van der Waals surface area contributed by atoms with Gasteiger partial charge in [-0.15, -0.1) is 0 Å². The van der Waals surface area contributed by atoms with Crippen LogP contribution in [0, 0.1) is 11.7 Å². The van der Waals surface area contributed by atoms with Gasteiger partial charge in [-0.1, -0.05) is 30.3 Å². The Morgan fingerprint density at radius 2 is 1.71 bits per heavy atom. The third-order valence-corrected chi connectivity index (χ3v) is 5.18. The number of likely N-dealkylation sites (tertiary alicyclic amines) is 1. The minimum atomic E-state index is -0.221. The number of piperidine rings is 1. The van der Waals surface area contributed by atoms with Crippen LogP contribution in [0.15, 0.2) is 54.6 Å². The zero-order chi connectivity index (χ0) is 16.4. The Kier molecular flexibility index (Phi) is 4.52. The molecule has 2 aromatic rings. The van der Waals surface area contributed by atoms with Gasteiger partial charge in [-0.05, 0) is 55.0 Å². The Bertz CT molecular complexity index is 653. The number of rotatable bonds is 5. The lowest BCUT2D eigenvalue weighted by atomic mass is 9.87. The van der Waals surface area contributed by atoms with Crippen LogP contribution in [0.2, 0.25) is 0 Å². The minimum absolute atomic E-state index is 0.147. The summed E-state index contributed by atoms with van der Waals surface area (Å²) in [6.45, 7) is 3.37. The molecule has 0 aromatic heterocycles. The average molecular weight is 325 g/mol. The van der Waals surface area contributed by atoms with Crippen LogP contribution >= 0.6 is 0 Å². The molecular formula is C21H24FNO. The summed E-state index contributed by atoms with van der Waals surface area (Å²) in [5.41, 5.74) is 1.34. The molecule has 3 heteroatoms. The highest BCUT2D eigenvalue weighted by Crippen LogP contribution is 2.35. The molecule has 1 aliphatic carbocycles. The molecule has 0 amide bonds. The fraction of sp³-hybridized carbons (Fsp3) is 0.429. The van der Waals surface area contributed by atoms with E-state index >= 15 is 0 Å². The van der Waals surface area contributed by atoms with E-state index in [1.54, 1.807) is 12.1 Å². The second-order valence-corrected chi connectivity index (χ2v) is 7.12. The Hall–Kier alpha value is -1.87. The molecule has 1 saturated heterocycles. The quantitative estimate of drug-likeness (QED) is 0.804. The van der Waals surface area contributed by atoms with Crippen LogP contribution in [0.4, 0.5) is 4.39 Å². The van der Waals surface area contributed by atoms with Crippen molar-refractivity contribution in [2.24, 2.45) is 5.92 Å². The highest BCUT2D eigenvalue weighted by molar-refractivity contribution is 5.26. The Morgan fingerprint density at radius 3 is 2.42 bits per heavy atom. The Morgan fingerprint density at radius 1 is 0.958 bits per heavy atom. The lowest BCUT2D eigenvalue weighted by molar-refractivity contribution is 0.0754. The molecule has 1 aliphatic heterocycles. The van der Waals surface area contributed by atoms with Crippen LogP contribution in [-0.4, -0.2) is 30.6 Å². The molecule has 2 fully saturated rings. The maximum atomic E-state index is 13.1. The van der Waals surface area contributed by atoms with Crippen molar-refractivity contribution in [2.45, 2.75) is 31.3 Å². The summed E-state index contributed by atoms with van der Waals surface area (Å²) in [5.74, 6) is 1.82. The summed E-state index contributed by atoms with van der Waals surface area (Å²) in [6, 6.07) is 17.1. The number of halogens is 1. The molecule has 2 aliphatic rings. The molecule has 1 saturated carbocycles. The molecule has 0 bridgehead atoms. The predicted molar refractivity (Wildman–Crippen MR) is 93.8 cm³/mol. The van der Waals surface area contributed by atoms with Gasteiger partial charge >= 0.3 is 0 Å². The first kappa shape index (κ1) is 15.6. The third kappa shape index (κ3) is 3.78. The van der Waals surface area contributed by atoms with Crippen LogP contribution in [0.3, 0.4) is 0 Å². The molecule has 0 N–H and O–H groups in total. The molecular weight excluding hydrogens is 301 g/mol. The molecule has 0 spiro atoms. The summed E-state index contributed by atoms with van der Waals surface area (Å²) < 4.78 is 19.4. The summed E-state index contributed by atoms with van der Waals surface area (Å²) >= 11 is 0. The van der Waals surface area contributed by atoms with Crippen LogP contribution in [0.1, 0.15) is 30.7 Å². The number of benzene rings is 2. The van der Waals surface area contributed by atoms with E-state index in [9.17, 15) is 4.39 Å². The Labute approximate surface area is 143 Å². The smallest absolute Gasteiger partial charge is 0.123 e. The van der Waals surface area contributed by atoms with Crippen molar-refractivity contribution in [3.8, 4) is 5.75 Å². The fourth-order valence-electron chi connectivity index (χ4n) is 3.68. The molecule has 0 unspecified atom stereocenters. The highest BCUT2D eigenvalue weighted by Gasteiger charge is 2.34. The van der Waals surface area contributed by atoms with E-state index in [1.807, 2.05) is 0 Å². The van der Waals surface area contributed by atoms with Crippen molar-refractivity contribution in [3.05, 3.63) is 66.0 Å². The fourth-order valence-corrected chi connectivity index (χ4v) is 3.68. The van der Waals surface area contributed by atoms with E-state index in [2.05, 4.69) is 35.2 Å². The molecule has 2 nitrogen and oxygen atoms in total. The first-order valence-electron chi connectivity index (χ1n) is 8.97. The van der Waals surface area contributed by atoms with E-state index in [1.165, 1.54) is 37.1 Å². The van der Waals surface area contributed by atoms with Gasteiger partial charge in [0.1, 0.15) is 17.7 Å². The first-order chi connectivity index (χ1) is 11.8. The van der Waals surface area contributed by atoms with Gasteiger partial charge in [-0.3, -0.25) is 0 Å². The monoisotopic (exact) mass is 325 g/mol. The first-order valence-corrected chi connectivity index (χ1v) is 8.97. The molecule has 2 aromatic carbocycles. The van der Waals surface area contributed by atoms with Crippen molar-refractivity contribution in [1.82, 2.24) is 4.90 Å². The standard InChI is InChI=1S/C21H24FNO/c22-18-8-10-19(11-9-18)24-21-12-13-23(14-16-6-7-16)15-20(21)17-4-2-1-3-5-17/h1-5,8-11,16,20-21H,6-7,12-15H2/t20-,21+/m1/s1. The second kappa shape index (κ2) is 6.94. The van der Waals surface area contributed by atoms with E-state index in [4.69, 9.17) is 4.74 Å². The van der Waals surface area contributed by atoms with Gasteiger partial charge in [0, 0.05) is 25.6 Å². The molecule has 0 radical (unpaired) electrons. The van der Waals surface area contributed by atoms with E-state index in [0.29, 0.717) is 5.92 Å². The van der Waals surface area contributed by atoms with Gasteiger partial charge < -0.3 is 9.64 Å². The topological polar surface area (TPSA) is 12.5 Å². The lowest BCUT2D eigenvalue weighted by Crippen LogP contribution is -2.44. The number of ether oxygens (including phenoxy) is 1. The second-order valence-electron chi connectivity index (χ2n) is 7.12. The number of hydrogen-bond acceptors (Lipinski definition) is 2. The van der Waals surface area contributed by atoms with E-state index in [-0.39, 0.29) is 11.9 Å². The summed E-state index contributed by atoms with van der Waals surface area (Å²) in [6.07, 6.45) is 3.95. The molecule has 1 heterocycles. The largest absolute Gasteiger partial charge is 0.490 e. The Balaban J connectivity index is 1.51. The maximum absolute atomic E-state index is 13.1. The summed E-state index contributed by atoms with van der Waals surface area (Å²) in [4.78, 5) is 2.60. The average Bonchev–Trinajstić information content (AvgIpc) is 3.43. The van der Waals surface area contributed by atoms with Gasteiger partial charge in [0.05, 0.1) is 0 Å². The van der Waals surface area contributed by atoms with Crippen molar-refractivity contribution in [2.75, 3.05) is 19.6 Å². The SMILES string of the molecule is Fc1ccc(O[C@H]2CCN(CC3CC3)C[C@@H]2c2ccccc2)cc1. The highest BCUT2D eigenvalue weighted by atomic mass is 19.1. The van der Waals surface area contributed by atoms with Crippen LogP contribution in [-0.2, 0) is 0 Å². The van der Waals surface area contributed by atoms with Crippen LogP contribution < -0.4 is 4.74 Å². The van der Waals surface area contributed by atoms with Gasteiger partial charge in [0.2, 0.25) is 0 Å². The predicted octanol–water partition coefficient (Wildman–Crippen LogP) is 4.47. The van der Waals surface area contributed by atoms with Crippen molar-refractivity contribution in [3.63, 3.8) is 0 Å². The summed E-state index contributed by atoms with van der Waals surface area (Å²) in [7, 11) is 0. The number of hydrogen-bond donors (Lipinski definition) is 0. The van der Waals surface area contributed by atoms with Gasteiger partial charge in [0.25, 0.3) is 0 Å². The molecule has 126 valence electrons. The van der Waals surface area contributed by atoms with Crippen molar-refractivity contribution in [1.29, 1.82) is 0 Å².